The molecule has 2 unspecified atom stereocenters. The van der Waals surface area contributed by atoms with E-state index in [4.69, 9.17) is 10.2 Å². The standard InChI is InChI=1S/C12H13N3OS/c1-7-14-15-12(16-7)17-10-6-8-4-2-3-5-9(8)11(10)13/h2-5,10-11H,6,13H2,1H3. The summed E-state index contributed by atoms with van der Waals surface area (Å²) in [6, 6.07) is 8.36. The van der Waals surface area contributed by atoms with Crippen LogP contribution in [-0.2, 0) is 6.42 Å². The maximum Gasteiger partial charge on any atom is 0.276 e. The monoisotopic (exact) mass is 247 g/mol. The molecule has 1 aromatic carbocycles. The highest BCUT2D eigenvalue weighted by Gasteiger charge is 2.31. The lowest BCUT2D eigenvalue weighted by Gasteiger charge is -2.12. The molecular formula is C12H13N3OS. The van der Waals surface area contributed by atoms with Crippen molar-refractivity contribution in [2.75, 3.05) is 0 Å². The molecule has 5 heteroatoms. The van der Waals surface area contributed by atoms with E-state index in [1.54, 1.807) is 18.7 Å². The van der Waals surface area contributed by atoms with Gasteiger partial charge in [-0.3, -0.25) is 0 Å². The predicted octanol–water partition coefficient (Wildman–Crippen LogP) is 2.09. The summed E-state index contributed by atoms with van der Waals surface area (Å²) in [4.78, 5) is 0. The van der Waals surface area contributed by atoms with Crippen molar-refractivity contribution in [1.82, 2.24) is 10.2 Å². The van der Waals surface area contributed by atoms with Crippen LogP contribution in [0.1, 0.15) is 23.1 Å². The first-order valence-electron chi connectivity index (χ1n) is 5.54. The summed E-state index contributed by atoms with van der Waals surface area (Å²) < 4.78 is 5.38. The van der Waals surface area contributed by atoms with Crippen LogP contribution in [0.15, 0.2) is 33.9 Å². The molecule has 88 valence electrons. The topological polar surface area (TPSA) is 64.9 Å². The van der Waals surface area contributed by atoms with Gasteiger partial charge < -0.3 is 10.2 Å². The third-order valence-corrected chi connectivity index (χ3v) is 4.12. The second-order valence-corrected chi connectivity index (χ2v) is 5.36. The number of nitrogens with zero attached hydrogens (tertiary/aromatic N) is 2. The summed E-state index contributed by atoms with van der Waals surface area (Å²) in [5.74, 6) is 0.594. The Hall–Kier alpha value is -1.33. The number of rotatable bonds is 2. The van der Waals surface area contributed by atoms with E-state index in [-0.39, 0.29) is 11.3 Å². The van der Waals surface area contributed by atoms with Crippen LogP contribution in [-0.4, -0.2) is 15.4 Å². The summed E-state index contributed by atoms with van der Waals surface area (Å²) in [5.41, 5.74) is 8.80. The number of hydrogen-bond acceptors (Lipinski definition) is 5. The highest BCUT2D eigenvalue weighted by atomic mass is 32.2. The van der Waals surface area contributed by atoms with Gasteiger partial charge in [0.25, 0.3) is 5.22 Å². The van der Waals surface area contributed by atoms with Gasteiger partial charge >= 0.3 is 0 Å². The lowest BCUT2D eigenvalue weighted by atomic mass is 10.1. The van der Waals surface area contributed by atoms with Gasteiger partial charge in [0.05, 0.1) is 0 Å². The highest BCUT2D eigenvalue weighted by molar-refractivity contribution is 7.99. The molecule has 0 spiro atoms. The van der Waals surface area contributed by atoms with E-state index in [9.17, 15) is 0 Å². The molecule has 2 N–H and O–H groups in total. The number of benzene rings is 1. The van der Waals surface area contributed by atoms with E-state index in [0.29, 0.717) is 11.1 Å². The number of fused-ring (bicyclic) bond motifs is 1. The van der Waals surface area contributed by atoms with Crippen LogP contribution in [0.5, 0.6) is 0 Å². The lowest BCUT2D eigenvalue weighted by Crippen LogP contribution is -2.18. The Bertz CT molecular complexity index is 540. The van der Waals surface area contributed by atoms with E-state index in [1.165, 1.54) is 11.1 Å². The minimum Gasteiger partial charge on any atom is -0.416 e. The molecular weight excluding hydrogens is 234 g/mol. The first kappa shape index (κ1) is 10.8. The summed E-state index contributed by atoms with van der Waals surface area (Å²) in [6.45, 7) is 1.79. The van der Waals surface area contributed by atoms with E-state index in [0.717, 1.165) is 6.42 Å². The van der Waals surface area contributed by atoms with Gasteiger partial charge in [0.1, 0.15) is 0 Å². The molecule has 0 fully saturated rings. The van der Waals surface area contributed by atoms with Crippen LogP contribution in [0.4, 0.5) is 0 Å². The van der Waals surface area contributed by atoms with Gasteiger partial charge in [-0.05, 0) is 17.5 Å². The fourth-order valence-electron chi connectivity index (χ4n) is 2.16. The van der Waals surface area contributed by atoms with Gasteiger partial charge in [-0.15, -0.1) is 10.2 Å². The maximum atomic E-state index is 6.23. The van der Waals surface area contributed by atoms with Crippen molar-refractivity contribution in [3.63, 3.8) is 0 Å². The molecule has 0 radical (unpaired) electrons. The fourth-order valence-corrected chi connectivity index (χ4v) is 3.23. The molecule has 3 rings (SSSR count). The van der Waals surface area contributed by atoms with Crippen LogP contribution in [0.3, 0.4) is 0 Å². The van der Waals surface area contributed by atoms with E-state index < -0.39 is 0 Å². The van der Waals surface area contributed by atoms with Gasteiger partial charge in [-0.25, -0.2) is 0 Å². The summed E-state index contributed by atoms with van der Waals surface area (Å²) in [7, 11) is 0. The molecule has 1 aromatic heterocycles. The van der Waals surface area contributed by atoms with Crippen LogP contribution in [0.25, 0.3) is 0 Å². The van der Waals surface area contributed by atoms with Crippen molar-refractivity contribution in [1.29, 1.82) is 0 Å². The van der Waals surface area contributed by atoms with Crippen LogP contribution in [0, 0.1) is 6.92 Å². The van der Waals surface area contributed by atoms with Gasteiger partial charge in [-0.2, -0.15) is 0 Å². The van der Waals surface area contributed by atoms with E-state index in [2.05, 4.69) is 28.4 Å². The first-order valence-corrected chi connectivity index (χ1v) is 6.42. The second kappa shape index (κ2) is 4.16. The van der Waals surface area contributed by atoms with Gasteiger partial charge in [0.15, 0.2) is 0 Å². The number of nitrogens with two attached hydrogens (primary N) is 1. The molecule has 0 bridgehead atoms. The van der Waals surface area contributed by atoms with Crippen molar-refractivity contribution >= 4 is 11.8 Å². The van der Waals surface area contributed by atoms with E-state index in [1.807, 2.05) is 6.07 Å². The van der Waals surface area contributed by atoms with Crippen molar-refractivity contribution in [2.24, 2.45) is 5.73 Å². The van der Waals surface area contributed by atoms with Crippen molar-refractivity contribution in [3.05, 3.63) is 41.3 Å². The van der Waals surface area contributed by atoms with Gasteiger partial charge in [0.2, 0.25) is 5.89 Å². The quantitative estimate of drug-likeness (QED) is 0.880. The zero-order valence-electron chi connectivity index (χ0n) is 9.46. The molecule has 0 saturated heterocycles. The number of aromatic nitrogens is 2. The minimum atomic E-state index is 0.0448. The Morgan fingerprint density at radius 3 is 2.88 bits per heavy atom. The fraction of sp³-hybridized carbons (Fsp3) is 0.333. The average Bonchev–Trinajstić information content (AvgIpc) is 2.86. The SMILES string of the molecule is Cc1nnc(SC2Cc3ccccc3C2N)o1. The molecule has 2 aromatic rings. The Labute approximate surface area is 104 Å². The number of thioether (sulfide) groups is 1. The van der Waals surface area contributed by atoms with Crippen LogP contribution >= 0.6 is 11.8 Å². The largest absolute Gasteiger partial charge is 0.416 e. The van der Waals surface area contributed by atoms with Gasteiger partial charge in [0, 0.05) is 18.2 Å². The molecule has 1 aliphatic carbocycles. The van der Waals surface area contributed by atoms with E-state index >= 15 is 0 Å². The third-order valence-electron chi connectivity index (χ3n) is 3.00. The smallest absolute Gasteiger partial charge is 0.276 e. The molecule has 1 heterocycles. The third kappa shape index (κ3) is 1.96. The molecule has 4 nitrogen and oxygen atoms in total. The number of hydrogen-bond donors (Lipinski definition) is 1. The summed E-state index contributed by atoms with van der Waals surface area (Å²) >= 11 is 1.57. The molecule has 17 heavy (non-hydrogen) atoms. The summed E-state index contributed by atoms with van der Waals surface area (Å²) in [6.07, 6.45) is 0.962. The molecule has 1 aliphatic rings. The Morgan fingerprint density at radius 2 is 2.18 bits per heavy atom. The minimum absolute atomic E-state index is 0.0448. The van der Waals surface area contributed by atoms with Crippen molar-refractivity contribution in [2.45, 2.75) is 29.9 Å². The van der Waals surface area contributed by atoms with Gasteiger partial charge in [-0.1, -0.05) is 36.0 Å². The average molecular weight is 247 g/mol. The van der Waals surface area contributed by atoms with Crippen LogP contribution < -0.4 is 5.73 Å². The summed E-state index contributed by atoms with van der Waals surface area (Å²) in [5, 5.41) is 8.71. The Balaban J connectivity index is 1.80. The zero-order valence-corrected chi connectivity index (χ0v) is 10.3. The predicted molar refractivity (Wildman–Crippen MR) is 65.8 cm³/mol. The molecule has 0 amide bonds. The molecule has 0 saturated carbocycles. The Morgan fingerprint density at radius 1 is 1.35 bits per heavy atom. The lowest BCUT2D eigenvalue weighted by molar-refractivity contribution is 0.427. The molecule has 2 atom stereocenters. The Kier molecular flexibility index (Phi) is 2.64. The number of aryl methyl sites for hydroxylation is 1. The van der Waals surface area contributed by atoms with Crippen molar-refractivity contribution < 1.29 is 4.42 Å². The second-order valence-electron chi connectivity index (χ2n) is 4.17. The highest BCUT2D eigenvalue weighted by Crippen LogP contribution is 2.39. The molecule has 0 aliphatic heterocycles. The normalized spacial score (nSPS) is 22.7. The maximum absolute atomic E-state index is 6.23. The first-order chi connectivity index (χ1) is 8.24. The van der Waals surface area contributed by atoms with Crippen LogP contribution in [0.2, 0.25) is 0 Å². The van der Waals surface area contributed by atoms with Crippen molar-refractivity contribution in [3.8, 4) is 0 Å². The zero-order chi connectivity index (χ0) is 11.8.